The van der Waals surface area contributed by atoms with Gasteiger partial charge in [0.05, 0.1) is 14.2 Å². The summed E-state index contributed by atoms with van der Waals surface area (Å²) < 4.78 is 21.6. The summed E-state index contributed by atoms with van der Waals surface area (Å²) in [7, 11) is 3.22. The van der Waals surface area contributed by atoms with Gasteiger partial charge in [-0.3, -0.25) is 0 Å². The van der Waals surface area contributed by atoms with Gasteiger partial charge in [-0.05, 0) is 94.1 Å². The SMILES string of the molecule is COc1ccc(C=CC(=O)Oc2ccc3c(c2)C(C)(C)c2cc(OC(=O)C=Cc4ccc(OC)cc4)ccc2-3)cc1. The van der Waals surface area contributed by atoms with Crippen molar-refractivity contribution >= 4 is 24.1 Å². The lowest BCUT2D eigenvalue weighted by Gasteiger charge is -2.22. The molecule has 5 rings (SSSR count). The van der Waals surface area contributed by atoms with Crippen LogP contribution in [0.2, 0.25) is 0 Å². The molecule has 0 fully saturated rings. The second-order valence-electron chi connectivity index (χ2n) is 10.1. The number of carbonyl (C=O) groups is 2. The molecule has 0 amide bonds. The Morgan fingerprint density at radius 3 is 1.29 bits per heavy atom. The van der Waals surface area contributed by atoms with E-state index in [0.717, 1.165) is 44.9 Å². The van der Waals surface area contributed by atoms with Crippen molar-refractivity contribution in [2.24, 2.45) is 0 Å². The molecule has 0 aliphatic heterocycles. The Bertz CT molecular complexity index is 1520. The van der Waals surface area contributed by atoms with Gasteiger partial charge in [-0.2, -0.15) is 0 Å². The number of hydrogen-bond acceptors (Lipinski definition) is 6. The minimum absolute atomic E-state index is 0.395. The highest BCUT2D eigenvalue weighted by atomic mass is 16.5. The van der Waals surface area contributed by atoms with Crippen molar-refractivity contribution in [3.63, 3.8) is 0 Å². The summed E-state index contributed by atoms with van der Waals surface area (Å²) in [5.41, 5.74) is 5.49. The summed E-state index contributed by atoms with van der Waals surface area (Å²) in [6.07, 6.45) is 6.20. The number of carbonyl (C=O) groups excluding carboxylic acids is 2. The molecule has 0 N–H and O–H groups in total. The zero-order valence-corrected chi connectivity index (χ0v) is 23.3. The average Bonchev–Trinajstić information content (AvgIpc) is 3.21. The van der Waals surface area contributed by atoms with E-state index in [1.54, 1.807) is 38.5 Å². The molecule has 4 aromatic carbocycles. The molecule has 0 heterocycles. The van der Waals surface area contributed by atoms with Gasteiger partial charge in [0.15, 0.2) is 0 Å². The maximum absolute atomic E-state index is 12.5. The molecule has 0 saturated carbocycles. The minimum atomic E-state index is -0.467. The van der Waals surface area contributed by atoms with Crippen molar-refractivity contribution < 1.29 is 28.5 Å². The van der Waals surface area contributed by atoms with Crippen molar-refractivity contribution in [1.82, 2.24) is 0 Å². The van der Waals surface area contributed by atoms with Crippen LogP contribution in [-0.2, 0) is 15.0 Å². The van der Waals surface area contributed by atoms with Crippen LogP contribution in [0.3, 0.4) is 0 Å². The monoisotopic (exact) mass is 546 g/mol. The van der Waals surface area contributed by atoms with Crippen LogP contribution in [0.4, 0.5) is 0 Å². The molecule has 0 unspecified atom stereocenters. The van der Waals surface area contributed by atoms with Gasteiger partial charge in [0.25, 0.3) is 0 Å². The first kappa shape index (κ1) is 27.5. The topological polar surface area (TPSA) is 71.1 Å². The second-order valence-corrected chi connectivity index (χ2v) is 10.1. The average molecular weight is 547 g/mol. The lowest BCUT2D eigenvalue weighted by Crippen LogP contribution is -2.16. The Hall–Kier alpha value is -5.10. The first-order valence-electron chi connectivity index (χ1n) is 13.1. The van der Waals surface area contributed by atoms with E-state index in [2.05, 4.69) is 13.8 Å². The summed E-state index contributed by atoms with van der Waals surface area (Å²) in [5.74, 6) is 1.49. The molecule has 4 aromatic rings. The predicted octanol–water partition coefficient (Wildman–Crippen LogP) is 7.25. The number of hydrogen-bond donors (Lipinski definition) is 0. The Morgan fingerprint density at radius 2 is 0.927 bits per heavy atom. The van der Waals surface area contributed by atoms with E-state index in [1.807, 2.05) is 72.8 Å². The zero-order chi connectivity index (χ0) is 29.0. The fourth-order valence-corrected chi connectivity index (χ4v) is 4.88. The molecule has 0 atom stereocenters. The highest BCUT2D eigenvalue weighted by Crippen LogP contribution is 2.50. The molecule has 1 aliphatic rings. The van der Waals surface area contributed by atoms with Crippen LogP contribution in [0.25, 0.3) is 23.3 Å². The van der Waals surface area contributed by atoms with Crippen LogP contribution in [0, 0.1) is 0 Å². The molecule has 41 heavy (non-hydrogen) atoms. The molecule has 0 radical (unpaired) electrons. The third-order valence-electron chi connectivity index (χ3n) is 7.11. The number of methoxy groups -OCH3 is 2. The predicted molar refractivity (Wildman–Crippen MR) is 159 cm³/mol. The van der Waals surface area contributed by atoms with Gasteiger partial charge < -0.3 is 18.9 Å². The maximum Gasteiger partial charge on any atom is 0.336 e. The summed E-state index contributed by atoms with van der Waals surface area (Å²) in [6.45, 7) is 4.20. The molecule has 206 valence electrons. The van der Waals surface area contributed by atoms with E-state index >= 15 is 0 Å². The van der Waals surface area contributed by atoms with Gasteiger partial charge in [0.2, 0.25) is 0 Å². The number of benzene rings is 4. The Morgan fingerprint density at radius 1 is 0.561 bits per heavy atom. The van der Waals surface area contributed by atoms with Gasteiger partial charge in [0, 0.05) is 17.6 Å². The Labute approximate surface area is 239 Å². The van der Waals surface area contributed by atoms with E-state index in [9.17, 15) is 9.59 Å². The number of fused-ring (bicyclic) bond motifs is 3. The van der Waals surface area contributed by atoms with Crippen molar-refractivity contribution in [1.29, 1.82) is 0 Å². The van der Waals surface area contributed by atoms with Crippen LogP contribution in [0.5, 0.6) is 23.0 Å². The highest BCUT2D eigenvalue weighted by Gasteiger charge is 2.36. The van der Waals surface area contributed by atoms with Gasteiger partial charge in [-0.25, -0.2) is 9.59 Å². The molecular weight excluding hydrogens is 516 g/mol. The molecule has 0 bridgehead atoms. The summed E-state index contributed by atoms with van der Waals surface area (Å²) in [4.78, 5) is 25.0. The summed E-state index contributed by atoms with van der Waals surface area (Å²) in [6, 6.07) is 26.1. The lowest BCUT2D eigenvalue weighted by molar-refractivity contribution is -0.129. The molecule has 0 saturated heterocycles. The van der Waals surface area contributed by atoms with Crippen molar-refractivity contribution in [2.45, 2.75) is 19.3 Å². The van der Waals surface area contributed by atoms with E-state index in [-0.39, 0.29) is 0 Å². The van der Waals surface area contributed by atoms with Crippen molar-refractivity contribution in [2.75, 3.05) is 14.2 Å². The molecule has 1 aliphatic carbocycles. The highest BCUT2D eigenvalue weighted by molar-refractivity contribution is 5.90. The van der Waals surface area contributed by atoms with Crippen molar-refractivity contribution in [3.8, 4) is 34.1 Å². The number of ether oxygens (including phenoxy) is 4. The Balaban J connectivity index is 1.27. The third kappa shape index (κ3) is 6.07. The Kier molecular flexibility index (Phi) is 7.74. The number of rotatable bonds is 8. The maximum atomic E-state index is 12.5. The third-order valence-corrected chi connectivity index (χ3v) is 7.11. The van der Waals surface area contributed by atoms with Crippen LogP contribution < -0.4 is 18.9 Å². The van der Waals surface area contributed by atoms with Crippen LogP contribution in [0.1, 0.15) is 36.1 Å². The van der Waals surface area contributed by atoms with E-state index < -0.39 is 17.4 Å². The second kappa shape index (κ2) is 11.6. The summed E-state index contributed by atoms with van der Waals surface area (Å²) >= 11 is 0. The van der Waals surface area contributed by atoms with Gasteiger partial charge in [-0.15, -0.1) is 0 Å². The standard InChI is InChI=1S/C35H30O6/c1-35(2)31-21-27(40-33(36)19-9-23-5-11-25(38-3)12-6-23)15-17-29(31)30-18-16-28(22-32(30)35)41-34(37)20-10-24-7-13-26(39-4)14-8-24/h5-22H,1-4H3. The van der Waals surface area contributed by atoms with Crippen LogP contribution in [0.15, 0.2) is 97.1 Å². The fourth-order valence-electron chi connectivity index (χ4n) is 4.88. The normalized spacial score (nSPS) is 13.1. The van der Waals surface area contributed by atoms with E-state index in [0.29, 0.717) is 11.5 Å². The quantitative estimate of drug-likeness (QED) is 0.132. The van der Waals surface area contributed by atoms with E-state index in [1.165, 1.54) is 12.2 Å². The van der Waals surface area contributed by atoms with Gasteiger partial charge >= 0.3 is 11.9 Å². The molecule has 6 nitrogen and oxygen atoms in total. The first-order chi connectivity index (χ1) is 19.8. The largest absolute Gasteiger partial charge is 0.497 e. The zero-order valence-electron chi connectivity index (χ0n) is 23.3. The van der Waals surface area contributed by atoms with Gasteiger partial charge in [-0.1, -0.05) is 50.2 Å². The molecular formula is C35H30O6. The van der Waals surface area contributed by atoms with Crippen LogP contribution >= 0.6 is 0 Å². The van der Waals surface area contributed by atoms with Crippen LogP contribution in [-0.4, -0.2) is 26.2 Å². The smallest absolute Gasteiger partial charge is 0.336 e. The van der Waals surface area contributed by atoms with Gasteiger partial charge in [0.1, 0.15) is 23.0 Å². The fraction of sp³-hybridized carbons (Fsp3) is 0.143. The summed E-state index contributed by atoms with van der Waals surface area (Å²) in [5, 5.41) is 0. The van der Waals surface area contributed by atoms with E-state index in [4.69, 9.17) is 18.9 Å². The molecule has 0 aromatic heterocycles. The van der Waals surface area contributed by atoms with Crippen molar-refractivity contribution in [3.05, 3.63) is 119 Å². The number of esters is 2. The first-order valence-corrected chi connectivity index (χ1v) is 13.1. The lowest BCUT2D eigenvalue weighted by atomic mass is 9.82. The molecule has 6 heteroatoms. The molecule has 0 spiro atoms. The minimum Gasteiger partial charge on any atom is -0.497 e.